The Labute approximate surface area is 94.4 Å². The molecule has 0 fully saturated rings. The van der Waals surface area contributed by atoms with Gasteiger partial charge < -0.3 is 20.8 Å². The summed E-state index contributed by atoms with van der Waals surface area (Å²) in [6.07, 6.45) is 0. The molecule has 0 amide bonds. The highest BCUT2D eigenvalue weighted by atomic mass is 16.5. The number of nitrogen functional groups attached to an aromatic ring is 2. The van der Waals surface area contributed by atoms with Crippen LogP contribution in [-0.4, -0.2) is 4.57 Å². The number of nitrogens with zero attached hydrogens (tertiary/aromatic N) is 1. The number of rotatable bonds is 3. The summed E-state index contributed by atoms with van der Waals surface area (Å²) in [5.41, 5.74) is 12.6. The molecule has 0 saturated heterocycles. The predicted octanol–water partition coefficient (Wildman–Crippen LogP) is 1.77. The van der Waals surface area contributed by atoms with Gasteiger partial charge in [0, 0.05) is 13.1 Å². The molecular weight excluding hydrogens is 202 g/mol. The van der Waals surface area contributed by atoms with Gasteiger partial charge in [-0.15, -0.1) is 0 Å². The zero-order valence-corrected chi connectivity index (χ0v) is 9.18. The number of aromatic nitrogens is 1. The quantitative estimate of drug-likeness (QED) is 0.823. The van der Waals surface area contributed by atoms with Crippen LogP contribution in [-0.2, 0) is 13.7 Å². The van der Waals surface area contributed by atoms with Gasteiger partial charge in [0.15, 0.2) is 5.75 Å². The lowest BCUT2D eigenvalue weighted by Crippen LogP contribution is -2.01. The molecule has 16 heavy (non-hydrogen) atoms. The first-order valence-corrected chi connectivity index (χ1v) is 5.06. The summed E-state index contributed by atoms with van der Waals surface area (Å²) in [4.78, 5) is 0. The fraction of sp³-hybridized carbons (Fsp3) is 0.167. The van der Waals surface area contributed by atoms with Gasteiger partial charge >= 0.3 is 0 Å². The summed E-state index contributed by atoms with van der Waals surface area (Å²) >= 11 is 0. The summed E-state index contributed by atoms with van der Waals surface area (Å²) < 4.78 is 7.29. The van der Waals surface area contributed by atoms with Crippen molar-refractivity contribution in [3.05, 3.63) is 42.0 Å². The van der Waals surface area contributed by atoms with Crippen molar-refractivity contribution < 1.29 is 4.74 Å². The van der Waals surface area contributed by atoms with E-state index in [2.05, 4.69) is 0 Å². The second-order valence-corrected chi connectivity index (χ2v) is 3.65. The van der Waals surface area contributed by atoms with E-state index in [9.17, 15) is 0 Å². The predicted molar refractivity (Wildman–Crippen MR) is 65.0 cm³/mol. The van der Waals surface area contributed by atoms with Crippen LogP contribution in [0, 0.1) is 0 Å². The molecule has 0 saturated carbocycles. The molecule has 0 unspecified atom stereocenters. The van der Waals surface area contributed by atoms with Crippen LogP contribution in [0.3, 0.4) is 0 Å². The Bertz CT molecular complexity index is 477. The fourth-order valence-corrected chi connectivity index (χ4v) is 1.46. The second kappa shape index (κ2) is 4.18. The molecule has 0 atom stereocenters. The summed E-state index contributed by atoms with van der Waals surface area (Å²) in [5.74, 6) is 1.78. The van der Waals surface area contributed by atoms with E-state index < -0.39 is 0 Å². The number of anilines is 2. The number of hydrogen-bond acceptors (Lipinski definition) is 3. The molecule has 0 aliphatic heterocycles. The molecule has 4 nitrogen and oxygen atoms in total. The van der Waals surface area contributed by atoms with Gasteiger partial charge in [0.25, 0.3) is 0 Å². The molecule has 4 N–H and O–H groups in total. The minimum atomic E-state index is 0.495. The lowest BCUT2D eigenvalue weighted by molar-refractivity contribution is 0.308. The number of ether oxygens (including phenoxy) is 1. The van der Waals surface area contributed by atoms with Crippen LogP contribution in [0.4, 0.5) is 11.6 Å². The highest BCUT2D eigenvalue weighted by molar-refractivity contribution is 5.57. The van der Waals surface area contributed by atoms with Gasteiger partial charge in [-0.3, -0.25) is 0 Å². The molecule has 0 aliphatic carbocycles. The van der Waals surface area contributed by atoms with Crippen molar-refractivity contribution in [1.29, 1.82) is 0 Å². The van der Waals surface area contributed by atoms with E-state index in [0.29, 0.717) is 24.0 Å². The normalized spacial score (nSPS) is 10.3. The van der Waals surface area contributed by atoms with Crippen LogP contribution in [0.25, 0.3) is 0 Å². The van der Waals surface area contributed by atoms with Crippen LogP contribution < -0.4 is 16.2 Å². The molecule has 1 heterocycles. The maximum absolute atomic E-state index is 5.83. The van der Waals surface area contributed by atoms with Crippen LogP contribution in [0.1, 0.15) is 5.56 Å². The second-order valence-electron chi connectivity index (χ2n) is 3.65. The zero-order valence-electron chi connectivity index (χ0n) is 9.18. The van der Waals surface area contributed by atoms with Gasteiger partial charge in [-0.25, -0.2) is 0 Å². The minimum Gasteiger partial charge on any atom is -0.485 e. The fourth-order valence-electron chi connectivity index (χ4n) is 1.46. The van der Waals surface area contributed by atoms with Gasteiger partial charge in [0.05, 0.1) is 0 Å². The molecule has 1 aromatic carbocycles. The number of hydrogen-bond donors (Lipinski definition) is 2. The largest absolute Gasteiger partial charge is 0.485 e. The average Bonchev–Trinajstić information content (AvgIpc) is 2.56. The van der Waals surface area contributed by atoms with Crippen molar-refractivity contribution in [2.45, 2.75) is 6.61 Å². The van der Waals surface area contributed by atoms with Gasteiger partial charge in [0.1, 0.15) is 18.2 Å². The molecular formula is C12H15N3O. The first-order valence-electron chi connectivity index (χ1n) is 5.06. The van der Waals surface area contributed by atoms with E-state index in [4.69, 9.17) is 16.2 Å². The maximum atomic E-state index is 5.83. The van der Waals surface area contributed by atoms with Gasteiger partial charge in [-0.05, 0) is 5.56 Å². The van der Waals surface area contributed by atoms with Crippen LogP contribution >= 0.6 is 0 Å². The Hall–Kier alpha value is -2.10. The third kappa shape index (κ3) is 1.95. The van der Waals surface area contributed by atoms with Gasteiger partial charge in [-0.1, -0.05) is 30.3 Å². The van der Waals surface area contributed by atoms with Gasteiger partial charge in [-0.2, -0.15) is 0 Å². The Kier molecular flexibility index (Phi) is 2.72. The van der Waals surface area contributed by atoms with E-state index in [1.807, 2.05) is 30.3 Å². The van der Waals surface area contributed by atoms with Crippen molar-refractivity contribution in [3.8, 4) is 5.75 Å². The van der Waals surface area contributed by atoms with Gasteiger partial charge in [0.2, 0.25) is 0 Å². The standard InChI is InChI=1S/C12H15N3O/c1-15-11(13)7-10(12(15)14)16-8-9-5-3-2-4-6-9/h2-7H,8,13-14H2,1H3. The van der Waals surface area contributed by atoms with Crippen LogP contribution in [0.15, 0.2) is 36.4 Å². The number of benzene rings is 1. The molecule has 0 aliphatic rings. The van der Waals surface area contributed by atoms with E-state index in [-0.39, 0.29) is 0 Å². The molecule has 0 spiro atoms. The molecule has 84 valence electrons. The lowest BCUT2D eigenvalue weighted by Gasteiger charge is -2.05. The minimum absolute atomic E-state index is 0.495. The Morgan fingerprint density at radius 2 is 1.88 bits per heavy atom. The lowest BCUT2D eigenvalue weighted by atomic mass is 10.2. The smallest absolute Gasteiger partial charge is 0.163 e. The van der Waals surface area contributed by atoms with Crippen molar-refractivity contribution in [2.75, 3.05) is 11.5 Å². The Morgan fingerprint density at radius 3 is 2.44 bits per heavy atom. The summed E-state index contributed by atoms with van der Waals surface area (Å²) in [6.45, 7) is 0.495. The average molecular weight is 217 g/mol. The number of nitrogens with two attached hydrogens (primary N) is 2. The van der Waals surface area contributed by atoms with E-state index in [0.717, 1.165) is 5.56 Å². The van der Waals surface area contributed by atoms with Crippen molar-refractivity contribution in [2.24, 2.45) is 7.05 Å². The molecule has 0 radical (unpaired) electrons. The Morgan fingerprint density at radius 1 is 1.19 bits per heavy atom. The zero-order chi connectivity index (χ0) is 11.5. The summed E-state index contributed by atoms with van der Waals surface area (Å²) in [7, 11) is 1.81. The molecule has 2 aromatic rings. The molecule has 1 aromatic heterocycles. The van der Waals surface area contributed by atoms with E-state index in [1.165, 1.54) is 0 Å². The first-order chi connectivity index (χ1) is 7.68. The molecule has 0 bridgehead atoms. The maximum Gasteiger partial charge on any atom is 0.163 e. The molecule has 2 rings (SSSR count). The van der Waals surface area contributed by atoms with Crippen molar-refractivity contribution in [1.82, 2.24) is 4.57 Å². The SMILES string of the molecule is Cn1c(N)cc(OCc2ccccc2)c1N. The highest BCUT2D eigenvalue weighted by Crippen LogP contribution is 2.27. The Balaban J connectivity index is 2.08. The summed E-state index contributed by atoms with van der Waals surface area (Å²) in [5, 5.41) is 0. The topological polar surface area (TPSA) is 66.2 Å². The molecule has 4 heteroatoms. The first kappa shape index (κ1) is 10.4. The van der Waals surface area contributed by atoms with Crippen LogP contribution in [0.2, 0.25) is 0 Å². The summed E-state index contributed by atoms with van der Waals surface area (Å²) in [6, 6.07) is 11.7. The van der Waals surface area contributed by atoms with Crippen molar-refractivity contribution in [3.63, 3.8) is 0 Å². The van der Waals surface area contributed by atoms with E-state index >= 15 is 0 Å². The third-order valence-corrected chi connectivity index (χ3v) is 2.52. The van der Waals surface area contributed by atoms with E-state index in [1.54, 1.807) is 17.7 Å². The third-order valence-electron chi connectivity index (χ3n) is 2.52. The monoisotopic (exact) mass is 217 g/mol. The van der Waals surface area contributed by atoms with Crippen molar-refractivity contribution >= 4 is 11.6 Å². The highest BCUT2D eigenvalue weighted by Gasteiger charge is 2.08. The van der Waals surface area contributed by atoms with Crippen LogP contribution in [0.5, 0.6) is 5.75 Å².